The molecule has 0 amide bonds. The molecule has 0 bridgehead atoms. The van der Waals surface area contributed by atoms with Crippen LogP contribution in [0.25, 0.3) is 0 Å². The van der Waals surface area contributed by atoms with Crippen LogP contribution in [0.2, 0.25) is 0 Å². The van der Waals surface area contributed by atoms with E-state index in [1.807, 2.05) is 0 Å². The topological polar surface area (TPSA) is 41.1 Å². The van der Waals surface area contributed by atoms with Gasteiger partial charge in [-0.1, -0.05) is 38.5 Å². The summed E-state index contributed by atoms with van der Waals surface area (Å²) >= 11 is 1.66. The zero-order valence-electron chi connectivity index (χ0n) is 11.4. The first-order valence-electron chi connectivity index (χ1n) is 6.48. The van der Waals surface area contributed by atoms with E-state index in [0.29, 0.717) is 0 Å². The molecular formula is C12H24N4S. The zero-order chi connectivity index (χ0) is 12.7. The van der Waals surface area contributed by atoms with Crippen LogP contribution < -0.4 is 5.32 Å². The summed E-state index contributed by atoms with van der Waals surface area (Å²) < 4.78 is 0. The Kier molecular flexibility index (Phi) is 6.44. The number of aromatic nitrogens is 2. The number of rotatable bonds is 8. The van der Waals surface area contributed by atoms with Crippen molar-refractivity contribution in [2.24, 2.45) is 5.92 Å². The summed E-state index contributed by atoms with van der Waals surface area (Å²) in [6, 6.07) is 0. The van der Waals surface area contributed by atoms with Gasteiger partial charge in [-0.05, 0) is 19.4 Å². The van der Waals surface area contributed by atoms with Crippen molar-refractivity contribution in [3.8, 4) is 0 Å². The average molecular weight is 256 g/mol. The van der Waals surface area contributed by atoms with Gasteiger partial charge < -0.3 is 5.32 Å². The number of hydrogen-bond acceptors (Lipinski definition) is 5. The summed E-state index contributed by atoms with van der Waals surface area (Å²) in [4.78, 5) is 2.43. The van der Waals surface area contributed by atoms with Crippen LogP contribution >= 0.6 is 11.3 Å². The molecular weight excluding hydrogens is 232 g/mol. The van der Waals surface area contributed by atoms with Crippen molar-refractivity contribution in [3.63, 3.8) is 0 Å². The molecule has 1 atom stereocenters. The number of hydrogen-bond donors (Lipinski definition) is 1. The lowest BCUT2D eigenvalue weighted by molar-refractivity contribution is 0.237. The first-order valence-corrected chi connectivity index (χ1v) is 7.29. The highest BCUT2D eigenvalue weighted by atomic mass is 32.1. The Morgan fingerprint density at radius 2 is 2.06 bits per heavy atom. The van der Waals surface area contributed by atoms with Crippen LogP contribution in [0.4, 0.5) is 5.13 Å². The van der Waals surface area contributed by atoms with E-state index >= 15 is 0 Å². The van der Waals surface area contributed by atoms with E-state index in [4.69, 9.17) is 0 Å². The van der Waals surface area contributed by atoms with Crippen molar-refractivity contribution in [1.29, 1.82) is 0 Å². The Balaban J connectivity index is 2.48. The Morgan fingerprint density at radius 1 is 1.29 bits per heavy atom. The predicted octanol–water partition coefficient (Wildman–Crippen LogP) is 2.84. The largest absolute Gasteiger partial charge is 0.360 e. The molecule has 1 aromatic rings. The fourth-order valence-corrected chi connectivity index (χ4v) is 2.46. The van der Waals surface area contributed by atoms with E-state index in [0.717, 1.165) is 42.2 Å². The van der Waals surface area contributed by atoms with Crippen molar-refractivity contribution in [2.45, 2.75) is 40.7 Å². The van der Waals surface area contributed by atoms with E-state index in [2.05, 4.69) is 48.1 Å². The van der Waals surface area contributed by atoms with Crippen LogP contribution in [0.5, 0.6) is 0 Å². The molecule has 0 aliphatic heterocycles. The highest BCUT2D eigenvalue weighted by molar-refractivity contribution is 7.15. The summed E-state index contributed by atoms with van der Waals surface area (Å²) in [5.74, 6) is 0.746. The SMILES string of the molecule is CCNc1nnc(CN(CC)CC(C)CC)s1. The van der Waals surface area contributed by atoms with Crippen LogP contribution in [0.15, 0.2) is 0 Å². The third-order valence-electron chi connectivity index (χ3n) is 2.87. The summed E-state index contributed by atoms with van der Waals surface area (Å²) in [6.45, 7) is 12.9. The second-order valence-corrected chi connectivity index (χ2v) is 5.43. The smallest absolute Gasteiger partial charge is 0.205 e. The van der Waals surface area contributed by atoms with Crippen molar-refractivity contribution < 1.29 is 0 Å². The highest BCUT2D eigenvalue weighted by Crippen LogP contribution is 2.17. The molecule has 0 aliphatic carbocycles. The normalized spacial score (nSPS) is 13.0. The molecule has 0 aliphatic rings. The van der Waals surface area contributed by atoms with Gasteiger partial charge in [-0.2, -0.15) is 0 Å². The van der Waals surface area contributed by atoms with Gasteiger partial charge in [0, 0.05) is 13.1 Å². The second kappa shape index (κ2) is 7.61. The van der Waals surface area contributed by atoms with E-state index in [-0.39, 0.29) is 0 Å². The third kappa shape index (κ3) is 5.00. The second-order valence-electron chi connectivity index (χ2n) is 4.37. The Labute approximate surface area is 108 Å². The van der Waals surface area contributed by atoms with Crippen LogP contribution in [-0.4, -0.2) is 34.7 Å². The van der Waals surface area contributed by atoms with Gasteiger partial charge in [0.2, 0.25) is 5.13 Å². The minimum atomic E-state index is 0.746. The molecule has 1 heterocycles. The molecule has 17 heavy (non-hydrogen) atoms. The fourth-order valence-electron chi connectivity index (χ4n) is 1.61. The Hall–Kier alpha value is -0.680. The number of nitrogens with one attached hydrogen (secondary N) is 1. The van der Waals surface area contributed by atoms with Gasteiger partial charge in [-0.15, -0.1) is 10.2 Å². The standard InChI is InChI=1S/C12H24N4S/c1-5-10(4)8-16(7-3)9-11-14-15-12(17-11)13-6-2/h10H,5-9H2,1-4H3,(H,13,15). The molecule has 1 rings (SSSR count). The molecule has 1 aromatic heterocycles. The van der Waals surface area contributed by atoms with Gasteiger partial charge >= 0.3 is 0 Å². The molecule has 4 nitrogen and oxygen atoms in total. The maximum atomic E-state index is 4.22. The van der Waals surface area contributed by atoms with Gasteiger partial charge in [0.05, 0.1) is 6.54 Å². The summed E-state index contributed by atoms with van der Waals surface area (Å²) in [5.41, 5.74) is 0. The number of nitrogens with zero attached hydrogens (tertiary/aromatic N) is 3. The van der Waals surface area contributed by atoms with Crippen molar-refractivity contribution in [2.75, 3.05) is 25.0 Å². The minimum absolute atomic E-state index is 0.746. The van der Waals surface area contributed by atoms with Crippen molar-refractivity contribution in [1.82, 2.24) is 15.1 Å². The quantitative estimate of drug-likeness (QED) is 0.776. The molecule has 98 valence electrons. The summed E-state index contributed by atoms with van der Waals surface area (Å²) in [5, 5.41) is 13.6. The van der Waals surface area contributed by atoms with Crippen LogP contribution in [0.1, 0.15) is 39.1 Å². The van der Waals surface area contributed by atoms with E-state index < -0.39 is 0 Å². The molecule has 0 saturated heterocycles. The summed E-state index contributed by atoms with van der Waals surface area (Å²) in [6.07, 6.45) is 1.23. The van der Waals surface area contributed by atoms with Gasteiger partial charge in [0.1, 0.15) is 5.01 Å². The Bertz CT molecular complexity index is 313. The predicted molar refractivity (Wildman–Crippen MR) is 74.5 cm³/mol. The molecule has 0 saturated carbocycles. The summed E-state index contributed by atoms with van der Waals surface area (Å²) in [7, 11) is 0. The first-order chi connectivity index (χ1) is 8.19. The maximum absolute atomic E-state index is 4.22. The van der Waals surface area contributed by atoms with Crippen LogP contribution in [0, 0.1) is 5.92 Å². The van der Waals surface area contributed by atoms with E-state index in [9.17, 15) is 0 Å². The average Bonchev–Trinajstić information content (AvgIpc) is 2.76. The van der Waals surface area contributed by atoms with E-state index in [1.165, 1.54) is 6.42 Å². The molecule has 0 spiro atoms. The Morgan fingerprint density at radius 3 is 2.65 bits per heavy atom. The highest BCUT2D eigenvalue weighted by Gasteiger charge is 2.11. The lowest BCUT2D eigenvalue weighted by Crippen LogP contribution is -2.27. The van der Waals surface area contributed by atoms with Gasteiger partial charge in [-0.25, -0.2) is 0 Å². The lowest BCUT2D eigenvalue weighted by Gasteiger charge is -2.22. The van der Waals surface area contributed by atoms with Gasteiger partial charge in [0.25, 0.3) is 0 Å². The van der Waals surface area contributed by atoms with E-state index in [1.54, 1.807) is 11.3 Å². The molecule has 1 unspecified atom stereocenters. The molecule has 1 N–H and O–H groups in total. The van der Waals surface area contributed by atoms with Crippen molar-refractivity contribution in [3.05, 3.63) is 5.01 Å². The molecule has 0 aromatic carbocycles. The maximum Gasteiger partial charge on any atom is 0.205 e. The van der Waals surface area contributed by atoms with Crippen molar-refractivity contribution >= 4 is 16.5 Å². The van der Waals surface area contributed by atoms with Crippen LogP contribution in [-0.2, 0) is 6.54 Å². The van der Waals surface area contributed by atoms with Gasteiger partial charge in [-0.3, -0.25) is 4.90 Å². The molecule has 0 radical (unpaired) electrons. The third-order valence-corrected chi connectivity index (χ3v) is 3.73. The van der Waals surface area contributed by atoms with Crippen LogP contribution in [0.3, 0.4) is 0 Å². The fraction of sp³-hybridized carbons (Fsp3) is 0.833. The van der Waals surface area contributed by atoms with Gasteiger partial charge in [0.15, 0.2) is 0 Å². The minimum Gasteiger partial charge on any atom is -0.360 e. The first kappa shape index (κ1) is 14.4. The molecule has 0 fully saturated rings. The number of anilines is 1. The molecule has 5 heteroatoms. The lowest BCUT2D eigenvalue weighted by atomic mass is 10.1. The monoisotopic (exact) mass is 256 g/mol. The zero-order valence-corrected chi connectivity index (χ0v) is 12.2.